The second-order valence-electron chi connectivity index (χ2n) is 3.14. The maximum absolute atomic E-state index is 11.4. The van der Waals surface area contributed by atoms with Gasteiger partial charge in [0, 0.05) is 24.1 Å². The Morgan fingerprint density at radius 1 is 1.31 bits per heavy atom. The van der Waals surface area contributed by atoms with Crippen LogP contribution in [0.15, 0.2) is 47.8 Å². The molecule has 2 aromatic rings. The highest BCUT2D eigenvalue weighted by Crippen LogP contribution is 2.19. The molecule has 2 heterocycles. The van der Waals surface area contributed by atoms with Crippen LogP contribution in [0.4, 0.5) is 0 Å². The lowest BCUT2D eigenvalue weighted by molar-refractivity contribution is -0.645. The fraction of sp³-hybridized carbons (Fsp3) is 0.0909. The molecule has 0 saturated carbocycles. The molecular weight excluding hydrogens is 244 g/mol. The Morgan fingerprint density at radius 2 is 2.19 bits per heavy atom. The van der Waals surface area contributed by atoms with Crippen molar-refractivity contribution >= 4 is 23.4 Å². The molecule has 0 aliphatic rings. The minimum Gasteiger partial charge on any atom is -0.618 e. The SMILES string of the molecule is [O-][n+]1ccccc1SCc1ccc(Cl)nc1. The van der Waals surface area contributed by atoms with Crippen molar-refractivity contribution in [2.45, 2.75) is 10.8 Å². The van der Waals surface area contributed by atoms with Gasteiger partial charge in [-0.3, -0.25) is 0 Å². The number of hydrogen-bond acceptors (Lipinski definition) is 3. The molecule has 0 saturated heterocycles. The van der Waals surface area contributed by atoms with Crippen molar-refractivity contribution in [3.63, 3.8) is 0 Å². The molecule has 0 radical (unpaired) electrons. The maximum Gasteiger partial charge on any atom is 0.251 e. The second kappa shape index (κ2) is 5.18. The van der Waals surface area contributed by atoms with Gasteiger partial charge in [0.2, 0.25) is 0 Å². The van der Waals surface area contributed by atoms with Crippen molar-refractivity contribution in [1.82, 2.24) is 4.98 Å². The summed E-state index contributed by atoms with van der Waals surface area (Å²) in [6.45, 7) is 0. The third-order valence-corrected chi connectivity index (χ3v) is 3.28. The van der Waals surface area contributed by atoms with E-state index >= 15 is 0 Å². The monoisotopic (exact) mass is 252 g/mol. The lowest BCUT2D eigenvalue weighted by Crippen LogP contribution is -2.27. The molecule has 0 N–H and O–H groups in total. The molecule has 0 spiro atoms. The fourth-order valence-electron chi connectivity index (χ4n) is 1.17. The summed E-state index contributed by atoms with van der Waals surface area (Å²) in [5.74, 6) is 0.705. The molecule has 0 amide bonds. The van der Waals surface area contributed by atoms with E-state index < -0.39 is 0 Å². The van der Waals surface area contributed by atoms with Gasteiger partial charge in [0.25, 0.3) is 5.03 Å². The van der Waals surface area contributed by atoms with E-state index in [1.165, 1.54) is 18.0 Å². The van der Waals surface area contributed by atoms with E-state index in [0.29, 0.717) is 15.9 Å². The fourth-order valence-corrected chi connectivity index (χ4v) is 2.13. The largest absolute Gasteiger partial charge is 0.618 e. The third-order valence-electron chi connectivity index (χ3n) is 1.96. The molecule has 82 valence electrons. The van der Waals surface area contributed by atoms with Crippen LogP contribution in [0.3, 0.4) is 0 Å². The first kappa shape index (κ1) is 11.2. The Balaban J connectivity index is 2.02. The number of hydrogen-bond donors (Lipinski definition) is 0. The van der Waals surface area contributed by atoms with Crippen LogP contribution >= 0.6 is 23.4 Å². The van der Waals surface area contributed by atoms with Crippen LogP contribution in [0.5, 0.6) is 0 Å². The van der Waals surface area contributed by atoms with Crippen LogP contribution in [0.25, 0.3) is 0 Å². The Hall–Kier alpha value is -1.26. The molecule has 0 aliphatic heterocycles. The van der Waals surface area contributed by atoms with E-state index in [0.717, 1.165) is 10.3 Å². The number of halogens is 1. The summed E-state index contributed by atoms with van der Waals surface area (Å²) < 4.78 is 0.855. The van der Waals surface area contributed by atoms with Crippen LogP contribution < -0.4 is 4.73 Å². The zero-order valence-corrected chi connectivity index (χ0v) is 9.91. The van der Waals surface area contributed by atoms with E-state index in [2.05, 4.69) is 4.98 Å². The Morgan fingerprint density at radius 3 is 2.88 bits per heavy atom. The van der Waals surface area contributed by atoms with Gasteiger partial charge in [0.15, 0.2) is 6.20 Å². The minimum atomic E-state index is 0.479. The molecule has 5 heteroatoms. The van der Waals surface area contributed by atoms with E-state index in [1.807, 2.05) is 12.1 Å². The van der Waals surface area contributed by atoms with Crippen LogP contribution in [-0.2, 0) is 5.75 Å². The summed E-state index contributed by atoms with van der Waals surface area (Å²) in [6.07, 6.45) is 3.20. The Labute approximate surface area is 103 Å². The number of pyridine rings is 2. The number of nitrogens with zero attached hydrogens (tertiary/aromatic N) is 2. The normalized spacial score (nSPS) is 10.3. The van der Waals surface area contributed by atoms with Gasteiger partial charge < -0.3 is 5.21 Å². The zero-order chi connectivity index (χ0) is 11.4. The number of thioether (sulfide) groups is 1. The van der Waals surface area contributed by atoms with Crippen LogP contribution in [0.2, 0.25) is 5.15 Å². The maximum atomic E-state index is 11.4. The summed E-state index contributed by atoms with van der Waals surface area (Å²) in [7, 11) is 0. The molecule has 2 aromatic heterocycles. The van der Waals surface area contributed by atoms with E-state index in [1.54, 1.807) is 24.4 Å². The predicted octanol–water partition coefficient (Wildman–Crippen LogP) is 2.66. The van der Waals surface area contributed by atoms with Crippen LogP contribution in [-0.4, -0.2) is 4.98 Å². The van der Waals surface area contributed by atoms with Crippen molar-refractivity contribution in [1.29, 1.82) is 0 Å². The second-order valence-corrected chi connectivity index (χ2v) is 4.53. The average molecular weight is 253 g/mol. The Bertz CT molecular complexity index is 476. The predicted molar refractivity (Wildman–Crippen MR) is 64.2 cm³/mol. The third kappa shape index (κ3) is 2.87. The molecule has 0 aliphatic carbocycles. The van der Waals surface area contributed by atoms with Crippen LogP contribution in [0, 0.1) is 5.21 Å². The van der Waals surface area contributed by atoms with Gasteiger partial charge in [-0.1, -0.05) is 29.4 Å². The summed E-state index contributed by atoms with van der Waals surface area (Å²) in [4.78, 5) is 3.98. The summed E-state index contributed by atoms with van der Waals surface area (Å²) in [6, 6.07) is 8.99. The smallest absolute Gasteiger partial charge is 0.251 e. The zero-order valence-electron chi connectivity index (χ0n) is 8.34. The summed E-state index contributed by atoms with van der Waals surface area (Å²) >= 11 is 7.16. The first-order valence-electron chi connectivity index (χ1n) is 4.67. The molecule has 0 bridgehead atoms. The number of rotatable bonds is 3. The van der Waals surface area contributed by atoms with Crippen molar-refractivity contribution in [2.75, 3.05) is 0 Å². The van der Waals surface area contributed by atoms with Gasteiger partial charge in [0.05, 0.1) is 0 Å². The van der Waals surface area contributed by atoms with Gasteiger partial charge in [-0.05, 0) is 17.7 Å². The quantitative estimate of drug-likeness (QED) is 0.365. The van der Waals surface area contributed by atoms with E-state index in [4.69, 9.17) is 11.6 Å². The van der Waals surface area contributed by atoms with Crippen molar-refractivity contribution < 1.29 is 4.73 Å². The van der Waals surface area contributed by atoms with Gasteiger partial charge in [0.1, 0.15) is 5.15 Å². The first-order chi connectivity index (χ1) is 7.75. The average Bonchev–Trinajstić information content (AvgIpc) is 2.30. The molecular formula is C11H9ClN2OS. The number of aromatic nitrogens is 2. The highest BCUT2D eigenvalue weighted by Gasteiger charge is 2.04. The summed E-state index contributed by atoms with van der Waals surface area (Å²) in [5, 5.41) is 12.5. The standard InChI is InChI=1S/C11H9ClN2OS/c12-10-5-4-9(7-13-10)8-16-11-3-1-2-6-14(11)15/h1-7H,8H2. The molecule has 2 rings (SSSR count). The molecule has 0 unspecified atom stereocenters. The Kier molecular flexibility index (Phi) is 3.64. The first-order valence-corrected chi connectivity index (χ1v) is 6.03. The van der Waals surface area contributed by atoms with Crippen molar-refractivity contribution in [3.05, 3.63) is 58.6 Å². The highest BCUT2D eigenvalue weighted by atomic mass is 35.5. The molecule has 0 aromatic carbocycles. The molecule has 0 fully saturated rings. The van der Waals surface area contributed by atoms with Crippen molar-refractivity contribution in [3.8, 4) is 0 Å². The lowest BCUT2D eigenvalue weighted by Gasteiger charge is -2.03. The summed E-state index contributed by atoms with van der Waals surface area (Å²) in [5.41, 5.74) is 1.04. The van der Waals surface area contributed by atoms with Crippen molar-refractivity contribution in [2.24, 2.45) is 0 Å². The van der Waals surface area contributed by atoms with Crippen LogP contribution in [0.1, 0.15) is 5.56 Å². The molecule has 16 heavy (non-hydrogen) atoms. The highest BCUT2D eigenvalue weighted by molar-refractivity contribution is 7.98. The van der Waals surface area contributed by atoms with Gasteiger partial charge in [-0.25, -0.2) is 4.98 Å². The topological polar surface area (TPSA) is 39.8 Å². The van der Waals surface area contributed by atoms with Gasteiger partial charge in [-0.2, -0.15) is 4.73 Å². The van der Waals surface area contributed by atoms with Gasteiger partial charge >= 0.3 is 0 Å². The molecule has 3 nitrogen and oxygen atoms in total. The van der Waals surface area contributed by atoms with E-state index in [-0.39, 0.29) is 0 Å². The van der Waals surface area contributed by atoms with Gasteiger partial charge in [-0.15, -0.1) is 0 Å². The lowest BCUT2D eigenvalue weighted by atomic mass is 10.3. The molecule has 0 atom stereocenters. The minimum absolute atomic E-state index is 0.479. The van der Waals surface area contributed by atoms with E-state index in [9.17, 15) is 5.21 Å².